The van der Waals surface area contributed by atoms with Crippen LogP contribution < -0.4 is 0 Å². The van der Waals surface area contributed by atoms with Crippen LogP contribution in [0.3, 0.4) is 0 Å². The van der Waals surface area contributed by atoms with Gasteiger partial charge in [-0.1, -0.05) is 170 Å². The zero-order chi connectivity index (χ0) is 55.2. The van der Waals surface area contributed by atoms with E-state index in [0.29, 0.717) is 22.4 Å². The van der Waals surface area contributed by atoms with Crippen molar-refractivity contribution in [2.75, 3.05) is 0 Å². The summed E-state index contributed by atoms with van der Waals surface area (Å²) < 4.78 is 117. The van der Waals surface area contributed by atoms with Gasteiger partial charge in [-0.05, 0) is 56.9 Å². The van der Waals surface area contributed by atoms with Crippen molar-refractivity contribution in [2.24, 2.45) is 0 Å². The SMILES string of the molecule is [2H]c1c([2H])c([2H])c2c(sc3c2c([2H])c([2H])c2c4c([2H])c([2H])c5c(sc6c([2H])c([2H])c([2H])c([2H])c65)c4n(-c4c(C#N)c(-c5ccccc5)c([N+]#[C-])c(-n5c6cccc7c8ccccc8c8cccc5c8c76)c4-c4ccccc4)c32)c1[2H]. The molecule has 0 saturated heterocycles. The second-order valence-corrected chi connectivity index (χ2v) is 18.8. The van der Waals surface area contributed by atoms with Crippen LogP contribution in [0.1, 0.15) is 22.0 Å². The maximum Gasteiger partial charge on any atom is 0.220 e. The van der Waals surface area contributed by atoms with Gasteiger partial charge in [0.25, 0.3) is 0 Å². The Hall–Kier alpha value is -8.78. The molecule has 0 fully saturated rings. The topological polar surface area (TPSA) is 38.0 Å². The minimum absolute atomic E-state index is 0.00601. The van der Waals surface area contributed by atoms with Crippen molar-refractivity contribution < 1.29 is 16.4 Å². The van der Waals surface area contributed by atoms with Crippen molar-refractivity contribution in [3.8, 4) is 39.7 Å². The Balaban J connectivity index is 1.31. The van der Waals surface area contributed by atoms with Crippen molar-refractivity contribution in [3.05, 3.63) is 211 Å². The zero-order valence-corrected chi connectivity index (χ0v) is 36.8. The van der Waals surface area contributed by atoms with Gasteiger partial charge in [0.1, 0.15) is 6.07 Å². The molecule has 11 aromatic carbocycles. The molecule has 0 aliphatic carbocycles. The first-order valence-corrected chi connectivity index (χ1v) is 23.3. The minimum atomic E-state index is -0.539. The highest BCUT2D eigenvalue weighted by molar-refractivity contribution is 7.27. The fourth-order valence-electron chi connectivity index (χ4n) is 10.8. The van der Waals surface area contributed by atoms with Crippen molar-refractivity contribution >= 4 is 134 Å². The van der Waals surface area contributed by atoms with E-state index in [2.05, 4.69) is 39.7 Å². The molecule has 0 unspecified atom stereocenters. The summed E-state index contributed by atoms with van der Waals surface area (Å²) in [7, 11) is 0. The maximum atomic E-state index is 12.3. The van der Waals surface area contributed by atoms with E-state index in [0.717, 1.165) is 66.0 Å². The lowest BCUT2D eigenvalue weighted by Gasteiger charge is -2.26. The highest BCUT2D eigenvalue weighted by Gasteiger charge is 2.33. The third-order valence-electron chi connectivity index (χ3n) is 13.4. The molecule has 15 aromatic rings. The first-order chi connectivity index (χ1) is 38.7. The van der Waals surface area contributed by atoms with Gasteiger partial charge in [0, 0.05) is 63.6 Å². The van der Waals surface area contributed by atoms with Gasteiger partial charge in [0.15, 0.2) is 0 Å². The number of benzene rings is 11. The van der Waals surface area contributed by atoms with Gasteiger partial charge in [-0.2, -0.15) is 5.26 Å². The molecule has 0 spiro atoms. The van der Waals surface area contributed by atoms with Gasteiger partial charge in [0.2, 0.25) is 5.69 Å². The van der Waals surface area contributed by atoms with E-state index >= 15 is 0 Å². The van der Waals surface area contributed by atoms with Crippen LogP contribution in [0, 0.1) is 17.9 Å². The molecule has 0 N–H and O–H groups in total. The molecular formula is C62H32N4S2. The van der Waals surface area contributed by atoms with Gasteiger partial charge in [0.05, 0.1) is 71.4 Å². The maximum absolute atomic E-state index is 12.3. The number of rotatable bonds is 4. The molecule has 4 aromatic heterocycles. The van der Waals surface area contributed by atoms with Crippen molar-refractivity contribution in [1.29, 1.82) is 5.26 Å². The molecule has 0 radical (unpaired) electrons. The van der Waals surface area contributed by atoms with E-state index < -0.39 is 60.4 Å². The quantitative estimate of drug-likeness (QED) is 0.128. The molecule has 312 valence electrons. The lowest BCUT2D eigenvalue weighted by atomic mass is 9.88. The highest BCUT2D eigenvalue weighted by atomic mass is 32.1. The van der Waals surface area contributed by atoms with Crippen LogP contribution in [-0.4, -0.2) is 9.13 Å². The second-order valence-electron chi connectivity index (χ2n) is 16.7. The summed E-state index contributed by atoms with van der Waals surface area (Å²) in [6.07, 6.45) is 0. The van der Waals surface area contributed by atoms with Gasteiger partial charge in [-0.25, -0.2) is 4.85 Å². The molecule has 68 heavy (non-hydrogen) atoms. The number of fused-ring (bicyclic) bond motifs is 14. The molecule has 0 atom stereocenters. The fourth-order valence-corrected chi connectivity index (χ4v) is 13.0. The van der Waals surface area contributed by atoms with E-state index in [1.807, 2.05) is 97.1 Å². The summed E-state index contributed by atoms with van der Waals surface area (Å²) in [5, 5.41) is 18.3. The summed E-state index contributed by atoms with van der Waals surface area (Å²) in [6, 6.07) is 36.0. The standard InChI is InChI=1S/C62H32N4S2/c1-64-56-52(35-16-4-2-5-17-35)47(34-63)57(53(36-18-6-3-7-19-36)60(56)65-48-26-14-24-41-37-20-8-9-21-38(37)42-25-15-27-49(65)55(42)54(41)48)66-58-43(30-32-45-39-22-10-12-28-50(39)67-61(45)58)44-31-33-46-40-23-11-13-29-51(40)68-62(46)59(44)66/h2-33H/i10D,11D,12D,13D,22D,23D,28D,29D,30D,31D,32D,33D. The van der Waals surface area contributed by atoms with Gasteiger partial charge in [-0.15, -0.1) is 22.7 Å². The molecule has 4 heterocycles. The van der Waals surface area contributed by atoms with Crippen LogP contribution in [0.15, 0.2) is 194 Å². The third-order valence-corrected chi connectivity index (χ3v) is 15.7. The predicted molar refractivity (Wildman–Crippen MR) is 289 cm³/mol. The molecule has 0 aliphatic heterocycles. The zero-order valence-electron chi connectivity index (χ0n) is 47.2. The summed E-state index contributed by atoms with van der Waals surface area (Å²) in [5.74, 6) is 0. The number of aromatic nitrogens is 2. The summed E-state index contributed by atoms with van der Waals surface area (Å²) >= 11 is 1.96. The lowest BCUT2D eigenvalue weighted by Crippen LogP contribution is -2.09. The van der Waals surface area contributed by atoms with Gasteiger partial charge >= 0.3 is 0 Å². The highest BCUT2D eigenvalue weighted by Crippen LogP contribution is 2.55. The molecule has 4 nitrogen and oxygen atoms in total. The van der Waals surface area contributed by atoms with Crippen LogP contribution in [0.2, 0.25) is 0 Å². The average molecular weight is 909 g/mol. The third kappa shape index (κ3) is 4.79. The first kappa shape index (κ1) is 27.6. The van der Waals surface area contributed by atoms with Crippen LogP contribution in [0.4, 0.5) is 5.69 Å². The molecule has 15 rings (SSSR count). The van der Waals surface area contributed by atoms with E-state index in [1.165, 1.54) is 0 Å². The summed E-state index contributed by atoms with van der Waals surface area (Å²) in [5.41, 5.74) is 4.08. The Morgan fingerprint density at radius 3 is 1.44 bits per heavy atom. The molecule has 0 saturated carbocycles. The Bertz CT molecular complexity index is 5230. The van der Waals surface area contributed by atoms with E-state index in [1.54, 1.807) is 4.57 Å². The van der Waals surface area contributed by atoms with Gasteiger partial charge in [-0.3, -0.25) is 0 Å². The summed E-state index contributed by atoms with van der Waals surface area (Å²) in [6.45, 7) is 9.40. The number of nitriles is 1. The van der Waals surface area contributed by atoms with Crippen LogP contribution in [-0.2, 0) is 0 Å². The Morgan fingerprint density at radius 2 is 0.926 bits per heavy atom. The number of hydrogen-bond acceptors (Lipinski definition) is 3. The normalized spacial score (nSPS) is 14.6. The van der Waals surface area contributed by atoms with Crippen LogP contribution in [0.5, 0.6) is 0 Å². The Morgan fingerprint density at radius 1 is 0.456 bits per heavy atom. The molecular weight excluding hydrogens is 865 g/mol. The molecule has 0 bridgehead atoms. The Kier molecular flexibility index (Phi) is 5.64. The Labute approximate surface area is 413 Å². The van der Waals surface area contributed by atoms with Crippen molar-refractivity contribution in [3.63, 3.8) is 0 Å². The first-order valence-electron chi connectivity index (χ1n) is 27.7. The second kappa shape index (κ2) is 13.9. The molecule has 6 heteroatoms. The lowest BCUT2D eigenvalue weighted by molar-refractivity contribution is 1.14. The van der Waals surface area contributed by atoms with Crippen molar-refractivity contribution in [1.82, 2.24) is 9.13 Å². The predicted octanol–water partition coefficient (Wildman–Crippen LogP) is 18.1. The average Bonchev–Trinajstić information content (AvgIpc) is 4.44. The minimum Gasteiger partial charge on any atom is -0.318 e. The van der Waals surface area contributed by atoms with Crippen molar-refractivity contribution in [2.45, 2.75) is 0 Å². The smallest absolute Gasteiger partial charge is 0.220 e. The van der Waals surface area contributed by atoms with E-state index in [9.17, 15) is 22.8 Å². The largest absolute Gasteiger partial charge is 0.318 e. The van der Waals surface area contributed by atoms with Gasteiger partial charge < -0.3 is 9.13 Å². The number of hydrogen-bond donors (Lipinski definition) is 0. The number of thiophene rings is 2. The summed E-state index contributed by atoms with van der Waals surface area (Å²) in [4.78, 5) is 4.45. The molecule has 0 aliphatic rings. The molecule has 0 amide bonds. The number of nitrogens with zero attached hydrogens (tertiary/aromatic N) is 4. The van der Waals surface area contributed by atoms with Crippen LogP contribution in [0.25, 0.3) is 144 Å². The van der Waals surface area contributed by atoms with E-state index in [4.69, 9.17) is 5.48 Å². The van der Waals surface area contributed by atoms with Crippen LogP contribution >= 0.6 is 22.7 Å². The fraction of sp³-hybridized carbons (Fsp3) is 0. The monoisotopic (exact) mass is 908 g/mol. The van der Waals surface area contributed by atoms with E-state index in [-0.39, 0.29) is 96.7 Å².